The first-order chi connectivity index (χ1) is 7.74. The van der Waals surface area contributed by atoms with Crippen molar-refractivity contribution < 1.29 is 18.3 Å². The second-order valence-electron chi connectivity index (χ2n) is 4.21. The molecule has 1 rings (SSSR count). The van der Waals surface area contributed by atoms with Crippen LogP contribution in [0.25, 0.3) is 0 Å². The van der Waals surface area contributed by atoms with Gasteiger partial charge in [0.05, 0.1) is 0 Å². The Morgan fingerprint density at radius 1 is 1.41 bits per heavy atom. The van der Waals surface area contributed by atoms with Crippen LogP contribution >= 0.6 is 0 Å². The molecule has 1 heterocycles. The minimum atomic E-state index is -3.66. The Hall–Kier alpha value is -1.34. The van der Waals surface area contributed by atoms with Gasteiger partial charge >= 0.3 is 5.97 Å². The van der Waals surface area contributed by atoms with Crippen molar-refractivity contribution in [3.63, 3.8) is 0 Å². The molecule has 17 heavy (non-hydrogen) atoms. The summed E-state index contributed by atoms with van der Waals surface area (Å²) in [5.74, 6) is -1.04. The van der Waals surface area contributed by atoms with Gasteiger partial charge in [-0.25, -0.2) is 17.9 Å². The van der Waals surface area contributed by atoms with Crippen LogP contribution in [-0.4, -0.2) is 30.5 Å². The Labute approximate surface area is 100 Å². The monoisotopic (exact) mass is 260 g/mol. The van der Waals surface area contributed by atoms with E-state index in [2.05, 4.69) is 9.71 Å². The molecule has 1 atom stereocenters. The van der Waals surface area contributed by atoms with E-state index in [1.165, 1.54) is 6.20 Å². The lowest BCUT2D eigenvalue weighted by atomic mass is 10.1. The summed E-state index contributed by atoms with van der Waals surface area (Å²) in [6.07, 6.45) is 1.17. The Bertz CT molecular complexity index is 504. The maximum Gasteiger partial charge on any atom is 0.352 e. The number of hydrogen-bond acceptors (Lipinski definition) is 3. The standard InChI is InChI=1S/C10H16N2O4S/c1-6(2)7(3)12-17(15,16)8-4-9(10(13)14)11-5-8/h4-7,11-12H,1-3H3,(H,13,14). The molecule has 0 radical (unpaired) electrons. The SMILES string of the molecule is CC(C)C(C)NS(=O)(=O)c1c[nH]c(C(=O)O)c1. The zero-order valence-corrected chi connectivity index (χ0v) is 10.7. The van der Waals surface area contributed by atoms with Gasteiger partial charge in [0.2, 0.25) is 10.0 Å². The fraction of sp³-hybridized carbons (Fsp3) is 0.500. The molecule has 7 heteroatoms. The number of aromatic amines is 1. The molecular weight excluding hydrogens is 244 g/mol. The molecule has 0 fully saturated rings. The van der Waals surface area contributed by atoms with Gasteiger partial charge in [0.15, 0.2) is 0 Å². The highest BCUT2D eigenvalue weighted by Crippen LogP contribution is 2.13. The number of hydrogen-bond donors (Lipinski definition) is 3. The normalized spacial score (nSPS) is 13.9. The van der Waals surface area contributed by atoms with Crippen LogP contribution in [0.3, 0.4) is 0 Å². The van der Waals surface area contributed by atoms with Crippen LogP contribution in [0.2, 0.25) is 0 Å². The molecular formula is C10H16N2O4S. The Morgan fingerprint density at radius 2 is 2.00 bits per heavy atom. The summed E-state index contributed by atoms with van der Waals surface area (Å²) < 4.78 is 26.2. The lowest BCUT2D eigenvalue weighted by Gasteiger charge is -2.16. The van der Waals surface area contributed by atoms with Gasteiger partial charge in [-0.05, 0) is 18.9 Å². The molecule has 0 aliphatic heterocycles. The summed E-state index contributed by atoms with van der Waals surface area (Å²) in [4.78, 5) is 13.0. The summed E-state index contributed by atoms with van der Waals surface area (Å²) in [5.41, 5.74) is -0.150. The molecule has 0 bridgehead atoms. The second-order valence-corrected chi connectivity index (χ2v) is 5.92. The quantitative estimate of drug-likeness (QED) is 0.736. The zero-order chi connectivity index (χ0) is 13.2. The van der Waals surface area contributed by atoms with Crippen LogP contribution in [-0.2, 0) is 10.0 Å². The molecule has 1 unspecified atom stereocenters. The number of carboxylic acid groups (broad SMARTS) is 1. The van der Waals surface area contributed by atoms with Crippen LogP contribution in [0.4, 0.5) is 0 Å². The minimum absolute atomic E-state index is 0.0672. The fourth-order valence-corrected chi connectivity index (χ4v) is 2.49. The molecule has 3 N–H and O–H groups in total. The van der Waals surface area contributed by atoms with Crippen LogP contribution in [0.5, 0.6) is 0 Å². The largest absolute Gasteiger partial charge is 0.477 e. The smallest absolute Gasteiger partial charge is 0.352 e. The van der Waals surface area contributed by atoms with Gasteiger partial charge in [-0.1, -0.05) is 13.8 Å². The third-order valence-corrected chi connectivity index (χ3v) is 4.08. The third-order valence-electron chi connectivity index (χ3n) is 2.54. The van der Waals surface area contributed by atoms with Crippen LogP contribution in [0.15, 0.2) is 17.2 Å². The maximum absolute atomic E-state index is 11.9. The molecule has 0 aromatic carbocycles. The van der Waals surface area contributed by atoms with Crippen molar-refractivity contribution >= 4 is 16.0 Å². The molecule has 0 saturated carbocycles. The first-order valence-electron chi connectivity index (χ1n) is 5.18. The second kappa shape index (κ2) is 4.89. The topological polar surface area (TPSA) is 99.3 Å². The number of rotatable bonds is 5. The number of H-pyrrole nitrogens is 1. The summed E-state index contributed by atoms with van der Waals surface area (Å²) in [6.45, 7) is 5.55. The Balaban J connectivity index is 2.93. The first kappa shape index (κ1) is 13.7. The average Bonchev–Trinajstić information content (AvgIpc) is 2.65. The lowest BCUT2D eigenvalue weighted by molar-refractivity contribution is 0.0691. The fourth-order valence-electron chi connectivity index (χ4n) is 1.10. The van der Waals surface area contributed by atoms with E-state index in [-0.39, 0.29) is 22.5 Å². The van der Waals surface area contributed by atoms with Gasteiger partial charge in [-0.15, -0.1) is 0 Å². The predicted molar refractivity (Wildman–Crippen MR) is 62.4 cm³/mol. The number of sulfonamides is 1. The van der Waals surface area contributed by atoms with Crippen LogP contribution in [0.1, 0.15) is 31.3 Å². The summed E-state index contributed by atoms with van der Waals surface area (Å²) >= 11 is 0. The summed E-state index contributed by atoms with van der Waals surface area (Å²) in [5, 5.41) is 8.69. The molecule has 1 aromatic rings. The molecule has 0 amide bonds. The van der Waals surface area contributed by atoms with Crippen molar-refractivity contribution in [2.45, 2.75) is 31.7 Å². The van der Waals surface area contributed by atoms with Crippen molar-refractivity contribution in [1.29, 1.82) is 0 Å². The molecule has 6 nitrogen and oxygen atoms in total. The third kappa shape index (κ3) is 3.31. The van der Waals surface area contributed by atoms with Crippen LogP contribution in [0, 0.1) is 5.92 Å². The van der Waals surface area contributed by atoms with E-state index in [0.717, 1.165) is 6.07 Å². The highest BCUT2D eigenvalue weighted by Gasteiger charge is 2.21. The number of aromatic nitrogens is 1. The number of carboxylic acids is 1. The first-order valence-corrected chi connectivity index (χ1v) is 6.66. The van der Waals surface area contributed by atoms with E-state index in [9.17, 15) is 13.2 Å². The Kier molecular flexibility index (Phi) is 3.94. The van der Waals surface area contributed by atoms with Gasteiger partial charge < -0.3 is 10.1 Å². The van der Waals surface area contributed by atoms with Crippen molar-refractivity contribution in [1.82, 2.24) is 9.71 Å². The van der Waals surface area contributed by atoms with E-state index < -0.39 is 16.0 Å². The van der Waals surface area contributed by atoms with E-state index in [1.54, 1.807) is 6.92 Å². The minimum Gasteiger partial charge on any atom is -0.477 e. The average molecular weight is 260 g/mol. The predicted octanol–water partition coefficient (Wildman–Crippen LogP) is 1.04. The van der Waals surface area contributed by atoms with Gasteiger partial charge in [0.1, 0.15) is 10.6 Å². The summed E-state index contributed by atoms with van der Waals surface area (Å²) in [7, 11) is -3.66. The van der Waals surface area contributed by atoms with E-state index >= 15 is 0 Å². The summed E-state index contributed by atoms with van der Waals surface area (Å²) in [6, 6.07) is 0.876. The maximum atomic E-state index is 11.9. The highest BCUT2D eigenvalue weighted by molar-refractivity contribution is 7.89. The zero-order valence-electron chi connectivity index (χ0n) is 9.89. The lowest BCUT2D eigenvalue weighted by Crippen LogP contribution is -2.35. The highest BCUT2D eigenvalue weighted by atomic mass is 32.2. The van der Waals surface area contributed by atoms with Gasteiger partial charge in [0.25, 0.3) is 0 Å². The van der Waals surface area contributed by atoms with E-state index in [0.29, 0.717) is 0 Å². The van der Waals surface area contributed by atoms with Crippen LogP contribution < -0.4 is 4.72 Å². The van der Waals surface area contributed by atoms with Crippen molar-refractivity contribution in [2.75, 3.05) is 0 Å². The molecule has 0 aliphatic rings. The number of aromatic carboxylic acids is 1. The van der Waals surface area contributed by atoms with Crippen molar-refractivity contribution in [2.24, 2.45) is 5.92 Å². The van der Waals surface area contributed by atoms with E-state index in [1.807, 2.05) is 13.8 Å². The molecule has 96 valence electrons. The molecule has 0 spiro atoms. The van der Waals surface area contributed by atoms with Crippen molar-refractivity contribution in [3.8, 4) is 0 Å². The van der Waals surface area contributed by atoms with Crippen molar-refractivity contribution in [3.05, 3.63) is 18.0 Å². The molecule has 0 aliphatic carbocycles. The van der Waals surface area contributed by atoms with Gasteiger partial charge in [0, 0.05) is 12.2 Å². The number of nitrogens with one attached hydrogen (secondary N) is 2. The number of carbonyl (C=O) groups is 1. The molecule has 0 saturated heterocycles. The van der Waals surface area contributed by atoms with E-state index in [4.69, 9.17) is 5.11 Å². The van der Waals surface area contributed by atoms with Gasteiger partial charge in [-0.2, -0.15) is 0 Å². The van der Waals surface area contributed by atoms with Gasteiger partial charge in [-0.3, -0.25) is 0 Å². The molecule has 1 aromatic heterocycles. The Morgan fingerprint density at radius 3 is 2.41 bits per heavy atom.